The highest BCUT2D eigenvalue weighted by Crippen LogP contribution is 2.35. The van der Waals surface area contributed by atoms with Crippen molar-refractivity contribution >= 4 is 35.1 Å². The van der Waals surface area contributed by atoms with E-state index in [9.17, 15) is 4.79 Å². The van der Waals surface area contributed by atoms with Gasteiger partial charge >= 0.3 is 0 Å². The number of hydrogen-bond acceptors (Lipinski definition) is 5. The van der Waals surface area contributed by atoms with Crippen LogP contribution in [0.2, 0.25) is 0 Å². The van der Waals surface area contributed by atoms with Gasteiger partial charge in [0.05, 0.1) is 11.4 Å². The van der Waals surface area contributed by atoms with Crippen LogP contribution < -0.4 is 4.90 Å². The Morgan fingerprint density at radius 1 is 1.18 bits per heavy atom. The highest BCUT2D eigenvalue weighted by molar-refractivity contribution is 8.00. The molecule has 0 bridgehead atoms. The number of aromatic nitrogens is 3. The Balaban J connectivity index is 1.51. The lowest BCUT2D eigenvalue weighted by molar-refractivity contribution is -0.116. The predicted molar refractivity (Wildman–Crippen MR) is 116 cm³/mol. The molecule has 4 rings (SSSR count). The van der Waals surface area contributed by atoms with E-state index in [0.717, 1.165) is 41.1 Å². The number of carbonyl (C=O) groups excluding carboxylic acids is 1. The standard InChI is InChI=1S/C21H22N4OS2/c1-3-24-20(16-8-6-7-15(2)13-16)22-23-21(24)28-14-19(26)25-11-12-27-18-10-5-4-9-17(18)25/h4-10,13H,3,11-12,14H2,1-2H3. The summed E-state index contributed by atoms with van der Waals surface area (Å²) in [5, 5.41) is 9.53. The van der Waals surface area contributed by atoms with Gasteiger partial charge in [-0.1, -0.05) is 47.7 Å². The molecule has 0 unspecified atom stereocenters. The van der Waals surface area contributed by atoms with E-state index in [1.54, 1.807) is 11.8 Å². The fraction of sp³-hybridized carbons (Fsp3) is 0.286. The van der Waals surface area contributed by atoms with Gasteiger partial charge in [0.15, 0.2) is 11.0 Å². The first-order valence-electron chi connectivity index (χ1n) is 9.32. The molecule has 5 nitrogen and oxygen atoms in total. The fourth-order valence-corrected chi connectivity index (χ4v) is 5.18. The molecule has 0 N–H and O–H groups in total. The molecule has 0 saturated carbocycles. The Morgan fingerprint density at radius 2 is 2.04 bits per heavy atom. The second-order valence-corrected chi connectivity index (χ2v) is 8.65. The number of thioether (sulfide) groups is 2. The van der Waals surface area contributed by atoms with E-state index >= 15 is 0 Å². The fourth-order valence-electron chi connectivity index (χ4n) is 3.31. The van der Waals surface area contributed by atoms with Crippen LogP contribution in [0.15, 0.2) is 58.6 Å². The molecule has 28 heavy (non-hydrogen) atoms. The van der Waals surface area contributed by atoms with Gasteiger partial charge in [-0.25, -0.2) is 0 Å². The van der Waals surface area contributed by atoms with Crippen molar-refractivity contribution in [1.82, 2.24) is 14.8 Å². The first kappa shape index (κ1) is 19.1. The molecule has 1 amide bonds. The minimum atomic E-state index is 0.112. The van der Waals surface area contributed by atoms with Crippen LogP contribution in [0.1, 0.15) is 12.5 Å². The van der Waals surface area contributed by atoms with Crippen LogP contribution in [0.3, 0.4) is 0 Å². The Hall–Kier alpha value is -2.25. The molecule has 2 aromatic carbocycles. The van der Waals surface area contributed by atoms with E-state index in [1.807, 2.05) is 35.2 Å². The SMILES string of the molecule is CCn1c(SCC(=O)N2CCSc3ccccc32)nnc1-c1cccc(C)c1. The van der Waals surface area contributed by atoms with Crippen LogP contribution in [-0.4, -0.2) is 38.7 Å². The molecular formula is C21H22N4OS2. The van der Waals surface area contributed by atoms with Crippen LogP contribution in [0.25, 0.3) is 11.4 Å². The largest absolute Gasteiger partial charge is 0.310 e. The van der Waals surface area contributed by atoms with E-state index in [4.69, 9.17) is 0 Å². The number of fused-ring (bicyclic) bond motifs is 1. The molecule has 0 spiro atoms. The molecule has 0 radical (unpaired) electrons. The quantitative estimate of drug-likeness (QED) is 0.580. The lowest BCUT2D eigenvalue weighted by atomic mass is 10.1. The van der Waals surface area contributed by atoms with Gasteiger partial charge in [0.25, 0.3) is 0 Å². The molecule has 1 aliphatic heterocycles. The first-order chi connectivity index (χ1) is 13.7. The summed E-state index contributed by atoms with van der Waals surface area (Å²) < 4.78 is 2.08. The van der Waals surface area contributed by atoms with E-state index in [-0.39, 0.29) is 5.91 Å². The van der Waals surface area contributed by atoms with Crippen LogP contribution >= 0.6 is 23.5 Å². The second kappa shape index (κ2) is 8.41. The maximum Gasteiger partial charge on any atom is 0.237 e. The van der Waals surface area contributed by atoms with Crippen molar-refractivity contribution in [2.24, 2.45) is 0 Å². The minimum Gasteiger partial charge on any atom is -0.310 e. The second-order valence-electron chi connectivity index (χ2n) is 6.57. The Kier molecular flexibility index (Phi) is 5.73. The molecule has 0 fully saturated rings. The van der Waals surface area contributed by atoms with Crippen molar-refractivity contribution in [2.45, 2.75) is 30.4 Å². The average Bonchev–Trinajstić information content (AvgIpc) is 3.14. The summed E-state index contributed by atoms with van der Waals surface area (Å²) in [5.41, 5.74) is 3.26. The van der Waals surface area contributed by atoms with E-state index in [1.165, 1.54) is 22.2 Å². The zero-order valence-corrected chi connectivity index (χ0v) is 17.6. The van der Waals surface area contributed by atoms with E-state index < -0.39 is 0 Å². The molecular weight excluding hydrogens is 388 g/mol. The van der Waals surface area contributed by atoms with Gasteiger partial charge < -0.3 is 9.47 Å². The lowest BCUT2D eigenvalue weighted by Crippen LogP contribution is -2.36. The third-order valence-electron chi connectivity index (χ3n) is 4.66. The number of carbonyl (C=O) groups is 1. The highest BCUT2D eigenvalue weighted by Gasteiger charge is 2.23. The van der Waals surface area contributed by atoms with Gasteiger partial charge in [-0.3, -0.25) is 4.79 Å². The summed E-state index contributed by atoms with van der Waals surface area (Å²) >= 11 is 3.26. The first-order valence-corrected chi connectivity index (χ1v) is 11.3. The summed E-state index contributed by atoms with van der Waals surface area (Å²) in [4.78, 5) is 16.0. The Labute approximate surface area is 173 Å². The van der Waals surface area contributed by atoms with Gasteiger partial charge in [-0.15, -0.1) is 22.0 Å². The number of aryl methyl sites for hydroxylation is 1. The van der Waals surface area contributed by atoms with Crippen LogP contribution in [0.4, 0.5) is 5.69 Å². The lowest BCUT2D eigenvalue weighted by Gasteiger charge is -2.28. The Bertz CT molecular complexity index is 1000. The topological polar surface area (TPSA) is 51.0 Å². The highest BCUT2D eigenvalue weighted by atomic mass is 32.2. The third kappa shape index (κ3) is 3.82. The monoisotopic (exact) mass is 410 g/mol. The smallest absolute Gasteiger partial charge is 0.237 e. The normalized spacial score (nSPS) is 13.4. The summed E-state index contributed by atoms with van der Waals surface area (Å²) in [7, 11) is 0. The number of amides is 1. The van der Waals surface area contributed by atoms with Gasteiger partial charge in [0.2, 0.25) is 5.91 Å². The van der Waals surface area contributed by atoms with Crippen molar-refractivity contribution in [3.05, 3.63) is 54.1 Å². The number of benzene rings is 2. The van der Waals surface area contributed by atoms with Gasteiger partial charge in [0, 0.05) is 29.3 Å². The zero-order valence-electron chi connectivity index (χ0n) is 16.0. The Morgan fingerprint density at radius 3 is 2.86 bits per heavy atom. The molecule has 0 saturated heterocycles. The predicted octanol–water partition coefficient (Wildman–Crippen LogP) is 4.50. The molecule has 0 atom stereocenters. The van der Waals surface area contributed by atoms with E-state index in [0.29, 0.717) is 5.75 Å². The zero-order chi connectivity index (χ0) is 19.5. The van der Waals surface area contributed by atoms with Crippen LogP contribution in [-0.2, 0) is 11.3 Å². The number of para-hydroxylation sites is 1. The van der Waals surface area contributed by atoms with Gasteiger partial charge in [-0.2, -0.15) is 0 Å². The molecule has 144 valence electrons. The maximum absolute atomic E-state index is 12.9. The minimum absolute atomic E-state index is 0.112. The van der Waals surface area contributed by atoms with Crippen molar-refractivity contribution in [2.75, 3.05) is 23.0 Å². The summed E-state index contributed by atoms with van der Waals surface area (Å²) in [6, 6.07) is 16.4. The summed E-state index contributed by atoms with van der Waals surface area (Å²) in [6.45, 7) is 5.65. The van der Waals surface area contributed by atoms with Gasteiger partial charge in [0.1, 0.15) is 0 Å². The maximum atomic E-state index is 12.9. The van der Waals surface area contributed by atoms with E-state index in [2.05, 4.69) is 46.8 Å². The van der Waals surface area contributed by atoms with Crippen molar-refractivity contribution in [3.63, 3.8) is 0 Å². The average molecular weight is 411 g/mol. The molecule has 7 heteroatoms. The summed E-state index contributed by atoms with van der Waals surface area (Å²) in [5.74, 6) is 2.24. The molecule has 0 aliphatic carbocycles. The van der Waals surface area contributed by atoms with Crippen molar-refractivity contribution in [1.29, 1.82) is 0 Å². The van der Waals surface area contributed by atoms with Crippen molar-refractivity contribution in [3.8, 4) is 11.4 Å². The number of nitrogens with zero attached hydrogens (tertiary/aromatic N) is 4. The number of anilines is 1. The van der Waals surface area contributed by atoms with Crippen LogP contribution in [0, 0.1) is 6.92 Å². The van der Waals surface area contributed by atoms with Crippen molar-refractivity contribution < 1.29 is 4.79 Å². The number of hydrogen-bond donors (Lipinski definition) is 0. The third-order valence-corrected chi connectivity index (χ3v) is 6.66. The van der Waals surface area contributed by atoms with Gasteiger partial charge in [-0.05, 0) is 32.0 Å². The van der Waals surface area contributed by atoms with Crippen LogP contribution in [0.5, 0.6) is 0 Å². The number of rotatable bonds is 5. The molecule has 3 aromatic rings. The molecule has 1 aromatic heterocycles. The molecule has 2 heterocycles. The summed E-state index contributed by atoms with van der Waals surface area (Å²) in [6.07, 6.45) is 0. The molecule has 1 aliphatic rings.